The van der Waals surface area contributed by atoms with Crippen LogP contribution in [0.2, 0.25) is 0 Å². The SMILES string of the molecule is O=C(CCCc1nc2ccccc2s1)Nc1ccccc1S(=O)(=O)C(F)F. The minimum Gasteiger partial charge on any atom is -0.325 e. The summed E-state index contributed by atoms with van der Waals surface area (Å²) < 4.78 is 50.1. The predicted octanol–water partition coefficient (Wildman–Crippen LogP) is 4.25. The van der Waals surface area contributed by atoms with E-state index >= 15 is 0 Å². The number of sulfone groups is 1. The van der Waals surface area contributed by atoms with Crippen molar-refractivity contribution >= 4 is 43.0 Å². The number of halogens is 2. The van der Waals surface area contributed by atoms with Gasteiger partial charge >= 0.3 is 5.76 Å². The van der Waals surface area contributed by atoms with Gasteiger partial charge in [-0.25, -0.2) is 13.4 Å². The second kappa shape index (κ2) is 8.10. The minimum atomic E-state index is -4.79. The van der Waals surface area contributed by atoms with Crippen LogP contribution in [0.5, 0.6) is 0 Å². The average molecular weight is 410 g/mol. The summed E-state index contributed by atoms with van der Waals surface area (Å²) in [4.78, 5) is 16.0. The Labute approximate surface area is 159 Å². The van der Waals surface area contributed by atoms with E-state index in [0.717, 1.165) is 21.3 Å². The fourth-order valence-corrected chi connectivity index (χ4v) is 4.45. The van der Waals surface area contributed by atoms with Crippen LogP contribution in [-0.4, -0.2) is 25.1 Å². The molecule has 5 nitrogen and oxygen atoms in total. The van der Waals surface area contributed by atoms with Crippen LogP contribution in [0.15, 0.2) is 53.4 Å². The number of hydrogen-bond donors (Lipinski definition) is 1. The number of anilines is 1. The minimum absolute atomic E-state index is 0.124. The summed E-state index contributed by atoms with van der Waals surface area (Å²) >= 11 is 1.56. The molecule has 0 saturated heterocycles. The first-order valence-corrected chi connectivity index (χ1v) is 10.5. The van der Waals surface area contributed by atoms with Crippen molar-refractivity contribution in [2.75, 3.05) is 5.32 Å². The summed E-state index contributed by atoms with van der Waals surface area (Å²) in [6.45, 7) is 0. The van der Waals surface area contributed by atoms with Crippen molar-refractivity contribution in [1.29, 1.82) is 0 Å². The van der Waals surface area contributed by atoms with E-state index in [-0.39, 0.29) is 12.1 Å². The molecule has 0 unspecified atom stereocenters. The van der Waals surface area contributed by atoms with E-state index in [2.05, 4.69) is 10.3 Å². The summed E-state index contributed by atoms with van der Waals surface area (Å²) in [6.07, 6.45) is 1.23. The number of para-hydroxylation sites is 2. The van der Waals surface area contributed by atoms with Gasteiger partial charge in [-0.1, -0.05) is 24.3 Å². The maximum absolute atomic E-state index is 12.8. The van der Waals surface area contributed by atoms with Gasteiger partial charge in [0.05, 0.1) is 25.8 Å². The lowest BCUT2D eigenvalue weighted by Crippen LogP contribution is -2.17. The lowest BCUT2D eigenvalue weighted by atomic mass is 10.2. The van der Waals surface area contributed by atoms with Gasteiger partial charge in [-0.05, 0) is 37.1 Å². The Morgan fingerprint density at radius 3 is 2.56 bits per heavy atom. The molecule has 0 aliphatic rings. The highest BCUT2D eigenvalue weighted by Crippen LogP contribution is 2.26. The number of carbonyl (C=O) groups is 1. The highest BCUT2D eigenvalue weighted by molar-refractivity contribution is 7.91. The van der Waals surface area contributed by atoms with Gasteiger partial charge in [0, 0.05) is 6.42 Å². The zero-order chi connectivity index (χ0) is 19.4. The Bertz CT molecular complexity index is 1030. The summed E-state index contributed by atoms with van der Waals surface area (Å²) in [5.41, 5.74) is 0.774. The van der Waals surface area contributed by atoms with Gasteiger partial charge in [-0.2, -0.15) is 8.78 Å². The van der Waals surface area contributed by atoms with E-state index in [0.29, 0.717) is 12.8 Å². The molecule has 1 N–H and O–H groups in total. The molecule has 0 atom stereocenters. The monoisotopic (exact) mass is 410 g/mol. The second-order valence-corrected chi connectivity index (χ2v) is 8.78. The molecule has 1 amide bonds. The second-order valence-electron chi connectivity index (χ2n) is 5.78. The molecular formula is C18H16F2N2O3S2. The van der Waals surface area contributed by atoms with Gasteiger partial charge in [0.15, 0.2) is 0 Å². The molecule has 0 bridgehead atoms. The largest absolute Gasteiger partial charge is 0.341 e. The summed E-state index contributed by atoms with van der Waals surface area (Å²) in [6, 6.07) is 12.9. The van der Waals surface area contributed by atoms with Crippen molar-refractivity contribution in [3.05, 3.63) is 53.5 Å². The lowest BCUT2D eigenvalue weighted by Gasteiger charge is -2.11. The number of fused-ring (bicyclic) bond motifs is 1. The molecule has 1 aromatic heterocycles. The van der Waals surface area contributed by atoms with E-state index in [1.54, 1.807) is 11.3 Å². The van der Waals surface area contributed by atoms with Gasteiger partial charge < -0.3 is 5.32 Å². The Morgan fingerprint density at radius 1 is 1.11 bits per heavy atom. The first kappa shape index (κ1) is 19.4. The molecule has 1 heterocycles. The molecule has 142 valence electrons. The normalized spacial score (nSPS) is 11.8. The molecule has 9 heteroatoms. The van der Waals surface area contributed by atoms with Crippen molar-refractivity contribution in [2.45, 2.75) is 29.9 Å². The van der Waals surface area contributed by atoms with Crippen LogP contribution in [0.3, 0.4) is 0 Å². The van der Waals surface area contributed by atoms with Crippen LogP contribution < -0.4 is 5.32 Å². The number of nitrogens with zero attached hydrogens (tertiary/aromatic N) is 1. The molecular weight excluding hydrogens is 394 g/mol. The van der Waals surface area contributed by atoms with Crippen LogP contribution in [0, 0.1) is 0 Å². The molecule has 0 spiro atoms. The average Bonchev–Trinajstić information content (AvgIpc) is 3.04. The number of nitrogens with one attached hydrogen (secondary N) is 1. The van der Waals surface area contributed by atoms with E-state index in [1.807, 2.05) is 24.3 Å². The number of thiazole rings is 1. The van der Waals surface area contributed by atoms with Crippen LogP contribution in [0.4, 0.5) is 14.5 Å². The Hall–Kier alpha value is -2.39. The quantitative estimate of drug-likeness (QED) is 0.632. The third-order valence-electron chi connectivity index (χ3n) is 3.83. The number of amides is 1. The smallest absolute Gasteiger partial charge is 0.325 e. The van der Waals surface area contributed by atoms with E-state index in [9.17, 15) is 22.0 Å². The standard InChI is InChI=1S/C18H16F2N2O3S2/c19-18(20)27(24,25)15-9-4-2-7-13(15)21-16(23)10-5-11-17-22-12-6-1-3-8-14(12)26-17/h1-4,6-9,18H,5,10-11H2,(H,21,23). The third kappa shape index (κ3) is 4.48. The summed E-state index contributed by atoms with van der Waals surface area (Å²) in [5.74, 6) is -3.98. The van der Waals surface area contributed by atoms with E-state index in [1.165, 1.54) is 18.2 Å². The first-order chi connectivity index (χ1) is 12.9. The Morgan fingerprint density at radius 2 is 1.81 bits per heavy atom. The number of rotatable bonds is 7. The lowest BCUT2D eigenvalue weighted by molar-refractivity contribution is -0.116. The van der Waals surface area contributed by atoms with Crippen LogP contribution >= 0.6 is 11.3 Å². The van der Waals surface area contributed by atoms with Crippen molar-refractivity contribution in [3.63, 3.8) is 0 Å². The number of aromatic nitrogens is 1. The number of aryl methyl sites for hydroxylation is 1. The van der Waals surface area contributed by atoms with Crippen molar-refractivity contribution < 1.29 is 22.0 Å². The molecule has 3 aromatic rings. The predicted molar refractivity (Wildman–Crippen MR) is 101 cm³/mol. The number of alkyl halides is 2. The highest BCUT2D eigenvalue weighted by Gasteiger charge is 2.29. The molecule has 0 fully saturated rings. The fraction of sp³-hybridized carbons (Fsp3) is 0.222. The molecule has 0 aliphatic heterocycles. The Kier molecular flexibility index (Phi) is 5.81. The third-order valence-corrected chi connectivity index (χ3v) is 6.37. The topological polar surface area (TPSA) is 76.1 Å². The van der Waals surface area contributed by atoms with Crippen molar-refractivity contribution in [1.82, 2.24) is 4.98 Å². The summed E-state index contributed by atoms with van der Waals surface area (Å²) in [7, 11) is -4.79. The molecule has 0 saturated carbocycles. The van der Waals surface area contributed by atoms with Crippen LogP contribution in [0.1, 0.15) is 17.8 Å². The van der Waals surface area contributed by atoms with Crippen molar-refractivity contribution in [2.24, 2.45) is 0 Å². The van der Waals surface area contributed by atoms with Gasteiger partial charge in [-0.3, -0.25) is 4.79 Å². The van der Waals surface area contributed by atoms with Gasteiger partial charge in [-0.15, -0.1) is 11.3 Å². The Balaban J connectivity index is 1.61. The molecule has 0 aliphatic carbocycles. The highest BCUT2D eigenvalue weighted by atomic mass is 32.2. The van der Waals surface area contributed by atoms with Gasteiger partial charge in [0.25, 0.3) is 0 Å². The molecule has 3 rings (SSSR count). The number of benzene rings is 2. The molecule has 27 heavy (non-hydrogen) atoms. The zero-order valence-corrected chi connectivity index (χ0v) is 15.7. The zero-order valence-electron chi connectivity index (χ0n) is 14.1. The summed E-state index contributed by atoms with van der Waals surface area (Å²) in [5, 5.41) is 3.32. The van der Waals surface area contributed by atoms with E-state index < -0.39 is 26.4 Å². The van der Waals surface area contributed by atoms with Gasteiger partial charge in [0.2, 0.25) is 15.7 Å². The van der Waals surface area contributed by atoms with E-state index in [4.69, 9.17) is 0 Å². The fourth-order valence-electron chi connectivity index (χ4n) is 2.55. The first-order valence-electron chi connectivity index (χ1n) is 8.13. The molecule has 0 radical (unpaired) electrons. The van der Waals surface area contributed by atoms with Gasteiger partial charge in [0.1, 0.15) is 0 Å². The number of carbonyl (C=O) groups excluding carboxylic acids is 1. The number of hydrogen-bond acceptors (Lipinski definition) is 5. The van der Waals surface area contributed by atoms with Crippen molar-refractivity contribution in [3.8, 4) is 0 Å². The van der Waals surface area contributed by atoms with Crippen LogP contribution in [-0.2, 0) is 21.1 Å². The maximum Gasteiger partial charge on any atom is 0.341 e. The maximum atomic E-state index is 12.8. The molecule has 2 aromatic carbocycles. The van der Waals surface area contributed by atoms with Crippen LogP contribution in [0.25, 0.3) is 10.2 Å².